The van der Waals surface area contributed by atoms with Crippen molar-refractivity contribution in [3.63, 3.8) is 0 Å². The highest BCUT2D eigenvalue weighted by Gasteiger charge is 2.32. The predicted molar refractivity (Wildman–Crippen MR) is 117 cm³/mol. The molecule has 31 heavy (non-hydrogen) atoms. The van der Waals surface area contributed by atoms with E-state index in [0.29, 0.717) is 17.8 Å². The van der Waals surface area contributed by atoms with E-state index >= 15 is 0 Å². The molecule has 5 rings (SSSR count). The highest BCUT2D eigenvalue weighted by molar-refractivity contribution is 5.96. The molecule has 0 unspecified atom stereocenters. The van der Waals surface area contributed by atoms with Gasteiger partial charge in [-0.05, 0) is 48.2 Å². The Morgan fingerprint density at radius 3 is 2.77 bits per heavy atom. The Balaban J connectivity index is 1.47. The zero-order valence-corrected chi connectivity index (χ0v) is 17.2. The molecule has 1 aliphatic rings. The maximum atomic E-state index is 12.9. The maximum Gasteiger partial charge on any atom is 0.275 e. The highest BCUT2D eigenvalue weighted by Crippen LogP contribution is 2.31. The van der Waals surface area contributed by atoms with Crippen LogP contribution in [0.3, 0.4) is 0 Å². The van der Waals surface area contributed by atoms with E-state index in [9.17, 15) is 14.7 Å². The topological polar surface area (TPSA) is 99.5 Å². The first-order valence-corrected chi connectivity index (χ1v) is 10.2. The van der Waals surface area contributed by atoms with Crippen molar-refractivity contribution < 1.29 is 9.90 Å². The van der Waals surface area contributed by atoms with Gasteiger partial charge in [0, 0.05) is 18.2 Å². The number of benzene rings is 2. The fourth-order valence-corrected chi connectivity index (χ4v) is 4.12. The molecule has 7 nitrogen and oxygen atoms in total. The lowest BCUT2D eigenvalue weighted by molar-refractivity contribution is 0.0858. The number of hydrogen-bond acceptors (Lipinski definition) is 4. The van der Waals surface area contributed by atoms with Gasteiger partial charge >= 0.3 is 0 Å². The van der Waals surface area contributed by atoms with Gasteiger partial charge < -0.3 is 15.4 Å². The summed E-state index contributed by atoms with van der Waals surface area (Å²) in [5.74, 6) is 0.0710. The van der Waals surface area contributed by atoms with Crippen LogP contribution in [0.4, 0.5) is 0 Å². The van der Waals surface area contributed by atoms with E-state index in [2.05, 4.69) is 15.4 Å². The molecular formula is C24H22N4O3. The van der Waals surface area contributed by atoms with Crippen molar-refractivity contribution in [2.24, 2.45) is 0 Å². The number of fused-ring (bicyclic) bond motifs is 2. The Morgan fingerprint density at radius 1 is 1.16 bits per heavy atom. The van der Waals surface area contributed by atoms with Crippen LogP contribution in [-0.4, -0.2) is 31.7 Å². The Hall–Kier alpha value is -3.71. The first-order valence-electron chi connectivity index (χ1n) is 10.2. The fourth-order valence-electron chi connectivity index (χ4n) is 4.12. The summed E-state index contributed by atoms with van der Waals surface area (Å²) in [5.41, 5.74) is 5.27. The van der Waals surface area contributed by atoms with Crippen molar-refractivity contribution in [2.45, 2.75) is 32.4 Å². The van der Waals surface area contributed by atoms with E-state index in [0.717, 1.165) is 27.8 Å². The normalized spacial score (nSPS) is 17.6. The maximum absolute atomic E-state index is 12.9. The standard InChI is InChI=1S/C24H22N4O3/c1-13-7-8-16(9-14(13)2)22-26-24(31)19-10-17(12-28(19)27-22)23(30)25-21-18-6-4-3-5-15(18)11-20(21)29/h3-10,12,20-21,29H,11H2,1-2H3,(H,25,30)(H,26,27,31)/t20-,21+/m1/s1. The molecule has 156 valence electrons. The molecule has 0 saturated carbocycles. The van der Waals surface area contributed by atoms with Crippen molar-refractivity contribution in [3.05, 3.63) is 92.9 Å². The molecule has 2 aromatic carbocycles. The number of carbonyl (C=O) groups excluding carboxylic acids is 1. The van der Waals surface area contributed by atoms with Gasteiger partial charge in [-0.15, -0.1) is 5.10 Å². The summed E-state index contributed by atoms with van der Waals surface area (Å²) >= 11 is 0. The van der Waals surface area contributed by atoms with Crippen LogP contribution >= 0.6 is 0 Å². The molecule has 2 atom stereocenters. The minimum Gasteiger partial charge on any atom is -0.390 e. The summed E-state index contributed by atoms with van der Waals surface area (Å²) in [6, 6.07) is 14.6. The Bertz CT molecular complexity index is 1390. The SMILES string of the molecule is Cc1ccc(-c2nn3cc(C(=O)N[C@H]4c5ccccc5C[C@H]4O)cc3c(=O)[nH]2)cc1C. The van der Waals surface area contributed by atoms with Crippen LogP contribution in [0.25, 0.3) is 16.9 Å². The van der Waals surface area contributed by atoms with Crippen molar-refractivity contribution in [2.75, 3.05) is 0 Å². The van der Waals surface area contributed by atoms with Crippen molar-refractivity contribution >= 4 is 11.4 Å². The minimum atomic E-state index is -0.684. The second-order valence-corrected chi connectivity index (χ2v) is 8.08. The van der Waals surface area contributed by atoms with Gasteiger partial charge in [-0.2, -0.15) is 0 Å². The fraction of sp³-hybridized carbons (Fsp3) is 0.208. The smallest absolute Gasteiger partial charge is 0.275 e. The third-order valence-corrected chi connectivity index (χ3v) is 6.01. The van der Waals surface area contributed by atoms with Gasteiger partial charge in [0.15, 0.2) is 5.82 Å². The van der Waals surface area contributed by atoms with Gasteiger partial charge in [0.1, 0.15) is 5.52 Å². The molecule has 0 spiro atoms. The molecule has 0 bridgehead atoms. The van der Waals surface area contributed by atoms with E-state index in [1.165, 1.54) is 16.8 Å². The second kappa shape index (κ2) is 7.21. The van der Waals surface area contributed by atoms with Crippen molar-refractivity contribution in [1.82, 2.24) is 19.9 Å². The van der Waals surface area contributed by atoms with Gasteiger partial charge in [-0.25, -0.2) is 4.52 Å². The quantitative estimate of drug-likeness (QED) is 0.480. The molecule has 0 aliphatic heterocycles. The van der Waals surface area contributed by atoms with Crippen LogP contribution in [-0.2, 0) is 6.42 Å². The third kappa shape index (κ3) is 3.33. The molecular weight excluding hydrogens is 392 g/mol. The van der Waals surface area contributed by atoms with Gasteiger partial charge in [-0.3, -0.25) is 9.59 Å². The van der Waals surface area contributed by atoms with E-state index in [-0.39, 0.29) is 17.0 Å². The van der Waals surface area contributed by atoms with E-state index < -0.39 is 12.1 Å². The summed E-state index contributed by atoms with van der Waals surface area (Å²) in [7, 11) is 0. The molecule has 4 aromatic rings. The number of hydrogen-bond donors (Lipinski definition) is 3. The largest absolute Gasteiger partial charge is 0.390 e. The number of aliphatic hydroxyl groups is 1. The lowest BCUT2D eigenvalue weighted by Crippen LogP contribution is -2.33. The molecule has 0 saturated heterocycles. The van der Waals surface area contributed by atoms with Gasteiger partial charge in [-0.1, -0.05) is 36.4 Å². The molecule has 3 N–H and O–H groups in total. The van der Waals surface area contributed by atoms with Crippen molar-refractivity contribution in [3.8, 4) is 11.4 Å². The second-order valence-electron chi connectivity index (χ2n) is 8.08. The molecule has 2 heterocycles. The van der Waals surface area contributed by atoms with Crippen LogP contribution in [0.1, 0.15) is 38.7 Å². The van der Waals surface area contributed by atoms with Gasteiger partial charge in [0.2, 0.25) is 0 Å². The summed E-state index contributed by atoms with van der Waals surface area (Å²) in [5, 5.41) is 17.8. The lowest BCUT2D eigenvalue weighted by atomic mass is 10.1. The summed E-state index contributed by atoms with van der Waals surface area (Å²) in [6.45, 7) is 4.03. The monoisotopic (exact) mass is 414 g/mol. The Morgan fingerprint density at radius 2 is 1.97 bits per heavy atom. The van der Waals surface area contributed by atoms with Crippen molar-refractivity contribution in [1.29, 1.82) is 0 Å². The number of nitrogens with one attached hydrogen (secondary N) is 2. The highest BCUT2D eigenvalue weighted by atomic mass is 16.3. The number of nitrogens with zero attached hydrogens (tertiary/aromatic N) is 2. The summed E-state index contributed by atoms with van der Waals surface area (Å²) < 4.78 is 1.43. The lowest BCUT2D eigenvalue weighted by Gasteiger charge is -2.17. The average Bonchev–Trinajstić information content (AvgIpc) is 3.32. The van der Waals surface area contributed by atoms with E-state index in [1.807, 2.05) is 56.3 Å². The number of amides is 1. The summed E-state index contributed by atoms with van der Waals surface area (Å²) in [4.78, 5) is 28.3. The third-order valence-electron chi connectivity index (χ3n) is 6.01. The van der Waals surface area contributed by atoms with Gasteiger partial charge in [0.05, 0.1) is 17.7 Å². The number of carbonyl (C=O) groups is 1. The zero-order chi connectivity index (χ0) is 21.7. The number of rotatable bonds is 3. The molecule has 7 heteroatoms. The number of aromatic nitrogens is 3. The first-order chi connectivity index (χ1) is 14.9. The minimum absolute atomic E-state index is 0.283. The number of H-pyrrole nitrogens is 1. The Labute approximate surface area is 178 Å². The van der Waals surface area contributed by atoms with Crippen LogP contribution in [0, 0.1) is 13.8 Å². The van der Waals surface area contributed by atoms with Crippen LogP contribution in [0.5, 0.6) is 0 Å². The number of aryl methyl sites for hydroxylation is 2. The van der Waals surface area contributed by atoms with Crippen LogP contribution in [0.2, 0.25) is 0 Å². The number of aliphatic hydroxyl groups excluding tert-OH is 1. The van der Waals surface area contributed by atoms with Crippen LogP contribution in [0.15, 0.2) is 59.5 Å². The molecule has 0 radical (unpaired) electrons. The number of aromatic amines is 1. The molecule has 1 aliphatic carbocycles. The predicted octanol–water partition coefficient (Wildman–Crippen LogP) is 2.69. The molecule has 2 aromatic heterocycles. The van der Waals surface area contributed by atoms with E-state index in [1.54, 1.807) is 0 Å². The molecule has 0 fully saturated rings. The van der Waals surface area contributed by atoms with Crippen LogP contribution < -0.4 is 10.9 Å². The molecule has 1 amide bonds. The van der Waals surface area contributed by atoms with E-state index in [4.69, 9.17) is 0 Å². The van der Waals surface area contributed by atoms with Gasteiger partial charge in [0.25, 0.3) is 11.5 Å². The zero-order valence-electron chi connectivity index (χ0n) is 17.2. The average molecular weight is 414 g/mol. The summed E-state index contributed by atoms with van der Waals surface area (Å²) in [6.07, 6.45) is 1.35. The Kier molecular flexibility index (Phi) is 4.48. The first kappa shape index (κ1) is 19.3.